The Hall–Kier alpha value is -0.750. The monoisotopic (exact) mass is 246 g/mol. The Morgan fingerprint density at radius 1 is 1.67 bits per heavy atom. The van der Waals surface area contributed by atoms with Crippen LogP contribution in [0.3, 0.4) is 0 Å². The Morgan fingerprint density at radius 2 is 2.40 bits per heavy atom. The zero-order chi connectivity index (χ0) is 11.3. The lowest BCUT2D eigenvalue weighted by atomic mass is 10.4. The van der Waals surface area contributed by atoms with Crippen molar-refractivity contribution in [3.05, 3.63) is 10.6 Å². The second-order valence-electron chi connectivity index (χ2n) is 3.01. The first-order chi connectivity index (χ1) is 7.15. The Labute approximate surface area is 97.1 Å². The van der Waals surface area contributed by atoms with Crippen LogP contribution in [-0.4, -0.2) is 34.6 Å². The van der Waals surface area contributed by atoms with Crippen LogP contribution in [0.4, 0.5) is 5.13 Å². The van der Waals surface area contributed by atoms with Gasteiger partial charge in [-0.25, -0.2) is 9.78 Å². The number of thiazole rings is 1. The molecule has 0 atom stereocenters. The van der Waals surface area contributed by atoms with E-state index in [2.05, 4.69) is 16.6 Å². The largest absolute Gasteiger partial charge is 0.477 e. The summed E-state index contributed by atoms with van der Waals surface area (Å²) < 4.78 is 0. The van der Waals surface area contributed by atoms with E-state index in [1.807, 2.05) is 0 Å². The van der Waals surface area contributed by atoms with Gasteiger partial charge in [-0.2, -0.15) is 11.8 Å². The van der Waals surface area contributed by atoms with E-state index in [-0.39, 0.29) is 0 Å². The number of thioether (sulfide) groups is 1. The van der Waals surface area contributed by atoms with Crippen LogP contribution in [0.25, 0.3) is 0 Å². The molecule has 1 heterocycles. The summed E-state index contributed by atoms with van der Waals surface area (Å²) in [7, 11) is 0. The molecule has 84 valence electrons. The minimum atomic E-state index is -0.901. The third-order valence-electron chi connectivity index (χ3n) is 1.79. The van der Waals surface area contributed by atoms with Crippen LogP contribution in [0.2, 0.25) is 0 Å². The molecule has 6 heteroatoms. The van der Waals surface area contributed by atoms with E-state index in [0.29, 0.717) is 15.7 Å². The van der Waals surface area contributed by atoms with Crippen molar-refractivity contribution >= 4 is 34.2 Å². The van der Waals surface area contributed by atoms with E-state index in [4.69, 9.17) is 5.11 Å². The van der Waals surface area contributed by atoms with Gasteiger partial charge in [0.2, 0.25) is 0 Å². The van der Waals surface area contributed by atoms with Crippen molar-refractivity contribution in [2.24, 2.45) is 0 Å². The van der Waals surface area contributed by atoms with E-state index < -0.39 is 5.97 Å². The number of nitrogens with one attached hydrogen (secondary N) is 1. The molecule has 0 saturated heterocycles. The van der Waals surface area contributed by atoms with Gasteiger partial charge in [-0.05, 0) is 25.4 Å². The second-order valence-corrected chi connectivity index (χ2v) is 5.00. The van der Waals surface area contributed by atoms with E-state index in [1.54, 1.807) is 18.7 Å². The summed E-state index contributed by atoms with van der Waals surface area (Å²) in [6.07, 6.45) is 3.12. The highest BCUT2D eigenvalue weighted by Crippen LogP contribution is 2.22. The van der Waals surface area contributed by atoms with Gasteiger partial charge in [0.15, 0.2) is 5.13 Å². The molecule has 15 heavy (non-hydrogen) atoms. The first-order valence-corrected chi connectivity index (χ1v) is 6.79. The highest BCUT2D eigenvalue weighted by atomic mass is 32.2. The Kier molecular flexibility index (Phi) is 4.90. The fourth-order valence-electron chi connectivity index (χ4n) is 1.08. The first-order valence-electron chi connectivity index (χ1n) is 4.58. The lowest BCUT2D eigenvalue weighted by Crippen LogP contribution is -2.01. The van der Waals surface area contributed by atoms with Gasteiger partial charge in [0.1, 0.15) is 4.88 Å². The van der Waals surface area contributed by atoms with Crippen LogP contribution in [0.15, 0.2) is 0 Å². The molecular weight excluding hydrogens is 232 g/mol. The second kappa shape index (κ2) is 5.97. The standard InChI is InChI=1S/C9H14N2O2S2/c1-6-7(8(12)13)15-9(11-6)10-4-3-5-14-2/h3-5H2,1-2H3,(H,10,11)(H,12,13). The van der Waals surface area contributed by atoms with E-state index in [1.165, 1.54) is 11.3 Å². The quantitative estimate of drug-likeness (QED) is 0.754. The number of aromatic carboxylic acids is 1. The van der Waals surface area contributed by atoms with Gasteiger partial charge >= 0.3 is 5.97 Å². The molecule has 0 saturated carbocycles. The third-order valence-corrected chi connectivity index (χ3v) is 3.59. The molecule has 0 bridgehead atoms. The van der Waals surface area contributed by atoms with E-state index in [9.17, 15) is 4.79 Å². The Balaban J connectivity index is 2.48. The molecule has 0 aliphatic heterocycles. The van der Waals surface area contributed by atoms with Crippen molar-refractivity contribution in [2.75, 3.05) is 23.9 Å². The van der Waals surface area contributed by atoms with Crippen molar-refractivity contribution in [3.8, 4) is 0 Å². The highest BCUT2D eigenvalue weighted by molar-refractivity contribution is 7.98. The molecule has 0 aliphatic carbocycles. The fraction of sp³-hybridized carbons (Fsp3) is 0.556. The molecule has 0 unspecified atom stereocenters. The Morgan fingerprint density at radius 3 is 2.93 bits per heavy atom. The zero-order valence-electron chi connectivity index (χ0n) is 8.74. The number of aryl methyl sites for hydroxylation is 1. The molecule has 2 N–H and O–H groups in total. The van der Waals surface area contributed by atoms with Crippen LogP contribution in [0.5, 0.6) is 0 Å². The minimum absolute atomic E-state index is 0.322. The molecule has 0 fully saturated rings. The van der Waals surface area contributed by atoms with Gasteiger partial charge in [-0.3, -0.25) is 0 Å². The number of anilines is 1. The molecule has 1 aromatic rings. The van der Waals surface area contributed by atoms with Crippen LogP contribution in [0, 0.1) is 6.92 Å². The third kappa shape index (κ3) is 3.71. The van der Waals surface area contributed by atoms with Gasteiger partial charge in [0, 0.05) is 6.54 Å². The predicted octanol–water partition coefficient (Wildman–Crippen LogP) is 2.31. The van der Waals surface area contributed by atoms with Gasteiger partial charge < -0.3 is 10.4 Å². The van der Waals surface area contributed by atoms with Crippen molar-refractivity contribution in [3.63, 3.8) is 0 Å². The molecule has 4 nitrogen and oxygen atoms in total. The summed E-state index contributed by atoms with van der Waals surface area (Å²) >= 11 is 3.00. The lowest BCUT2D eigenvalue weighted by Gasteiger charge is -1.99. The summed E-state index contributed by atoms with van der Waals surface area (Å²) in [4.78, 5) is 15.2. The topological polar surface area (TPSA) is 62.2 Å². The number of carboxylic acids is 1. The zero-order valence-corrected chi connectivity index (χ0v) is 10.4. The summed E-state index contributed by atoms with van der Waals surface area (Å²) in [5.41, 5.74) is 0.583. The molecule has 0 aromatic carbocycles. The van der Waals surface area contributed by atoms with Crippen LogP contribution in [-0.2, 0) is 0 Å². The number of carbonyl (C=O) groups is 1. The van der Waals surface area contributed by atoms with Gasteiger partial charge in [0.05, 0.1) is 5.69 Å². The molecule has 0 spiro atoms. The molecule has 0 amide bonds. The SMILES string of the molecule is CSCCCNc1nc(C)c(C(=O)O)s1. The number of aromatic nitrogens is 1. The average Bonchev–Trinajstić information content (AvgIpc) is 2.55. The number of nitrogens with zero attached hydrogens (tertiary/aromatic N) is 1. The normalized spacial score (nSPS) is 10.3. The molecule has 0 radical (unpaired) electrons. The van der Waals surface area contributed by atoms with Gasteiger partial charge in [0.25, 0.3) is 0 Å². The molecule has 1 aromatic heterocycles. The molecular formula is C9H14N2O2S2. The number of hydrogen-bond donors (Lipinski definition) is 2. The van der Waals surface area contributed by atoms with Gasteiger partial charge in [-0.15, -0.1) is 0 Å². The van der Waals surface area contributed by atoms with E-state index >= 15 is 0 Å². The summed E-state index contributed by atoms with van der Waals surface area (Å²) in [6, 6.07) is 0. The van der Waals surface area contributed by atoms with Crippen LogP contribution in [0.1, 0.15) is 21.8 Å². The van der Waals surface area contributed by atoms with Crippen LogP contribution < -0.4 is 5.32 Å². The molecule has 0 aliphatic rings. The van der Waals surface area contributed by atoms with Crippen molar-refractivity contribution in [1.82, 2.24) is 4.98 Å². The summed E-state index contributed by atoms with van der Waals surface area (Å²) in [6.45, 7) is 2.56. The van der Waals surface area contributed by atoms with Crippen LogP contribution >= 0.6 is 23.1 Å². The smallest absolute Gasteiger partial charge is 0.347 e. The Bertz CT molecular complexity index is 339. The number of carboxylic acid groups (broad SMARTS) is 1. The van der Waals surface area contributed by atoms with Gasteiger partial charge in [-0.1, -0.05) is 11.3 Å². The maximum absolute atomic E-state index is 10.8. The number of rotatable bonds is 6. The maximum atomic E-state index is 10.8. The van der Waals surface area contributed by atoms with Crippen molar-refractivity contribution in [2.45, 2.75) is 13.3 Å². The van der Waals surface area contributed by atoms with Crippen molar-refractivity contribution in [1.29, 1.82) is 0 Å². The highest BCUT2D eigenvalue weighted by Gasteiger charge is 2.13. The summed E-state index contributed by atoms with van der Waals surface area (Å²) in [5, 5.41) is 12.7. The fourth-order valence-corrected chi connectivity index (χ4v) is 2.35. The number of hydrogen-bond acceptors (Lipinski definition) is 5. The predicted molar refractivity (Wildman–Crippen MR) is 65.3 cm³/mol. The maximum Gasteiger partial charge on any atom is 0.347 e. The average molecular weight is 246 g/mol. The summed E-state index contributed by atoms with van der Waals surface area (Å²) in [5.74, 6) is 0.200. The van der Waals surface area contributed by atoms with E-state index in [0.717, 1.165) is 18.7 Å². The molecule has 1 rings (SSSR count). The lowest BCUT2D eigenvalue weighted by molar-refractivity contribution is 0.0701. The minimum Gasteiger partial charge on any atom is -0.477 e. The first kappa shape index (κ1) is 12.3. The van der Waals surface area contributed by atoms with Crippen molar-refractivity contribution < 1.29 is 9.90 Å².